The number of nitrogens with zero attached hydrogens (tertiary/aromatic N) is 2. The molecule has 1 aromatic heterocycles. The van der Waals surface area contributed by atoms with Crippen LogP contribution in [0.4, 0.5) is 11.4 Å². The van der Waals surface area contributed by atoms with E-state index >= 15 is 0 Å². The number of hydrogen-bond donors (Lipinski definition) is 1. The van der Waals surface area contributed by atoms with Crippen LogP contribution in [0.5, 0.6) is 0 Å². The van der Waals surface area contributed by atoms with Gasteiger partial charge in [-0.2, -0.15) is 0 Å². The Kier molecular flexibility index (Phi) is 4.65. The van der Waals surface area contributed by atoms with Gasteiger partial charge in [0.15, 0.2) is 0 Å². The number of pyridine rings is 1. The van der Waals surface area contributed by atoms with Crippen LogP contribution in [0.15, 0.2) is 18.5 Å². The Morgan fingerprint density at radius 3 is 3.27 bits per heavy atom. The lowest BCUT2D eigenvalue weighted by Crippen LogP contribution is -2.42. The van der Waals surface area contributed by atoms with Crippen molar-refractivity contribution in [3.05, 3.63) is 18.5 Å². The van der Waals surface area contributed by atoms with E-state index in [0.717, 1.165) is 19.4 Å². The number of carbonyl (C=O) groups excluding carboxylic acids is 2. The fourth-order valence-electron chi connectivity index (χ4n) is 2.64. The molecule has 2 aliphatic rings. The SMILES string of the molecule is O=C1CN(C(=O)CCOCC2CCCO2)c2ccncc2N1. The van der Waals surface area contributed by atoms with Crippen LogP contribution in [-0.4, -0.2) is 49.3 Å². The Morgan fingerprint density at radius 2 is 2.45 bits per heavy atom. The second-order valence-electron chi connectivity index (χ2n) is 5.38. The van der Waals surface area contributed by atoms with Gasteiger partial charge < -0.3 is 19.7 Å². The van der Waals surface area contributed by atoms with Crippen molar-refractivity contribution >= 4 is 23.2 Å². The highest BCUT2D eigenvalue weighted by molar-refractivity contribution is 6.09. The highest BCUT2D eigenvalue weighted by atomic mass is 16.5. The molecule has 1 aromatic rings. The van der Waals surface area contributed by atoms with E-state index in [9.17, 15) is 9.59 Å². The van der Waals surface area contributed by atoms with Crippen molar-refractivity contribution in [1.29, 1.82) is 0 Å². The van der Waals surface area contributed by atoms with Gasteiger partial charge >= 0.3 is 0 Å². The predicted molar refractivity (Wildman–Crippen MR) is 79.6 cm³/mol. The number of hydrogen-bond acceptors (Lipinski definition) is 5. The summed E-state index contributed by atoms with van der Waals surface area (Å²) in [4.78, 5) is 29.4. The van der Waals surface area contributed by atoms with Gasteiger partial charge in [0.2, 0.25) is 11.8 Å². The van der Waals surface area contributed by atoms with E-state index in [1.54, 1.807) is 18.5 Å². The second-order valence-corrected chi connectivity index (χ2v) is 5.38. The number of fused-ring (bicyclic) bond motifs is 1. The summed E-state index contributed by atoms with van der Waals surface area (Å²) in [6.07, 6.45) is 5.62. The first-order chi connectivity index (χ1) is 10.7. The van der Waals surface area contributed by atoms with Crippen molar-refractivity contribution < 1.29 is 19.1 Å². The van der Waals surface area contributed by atoms with Crippen LogP contribution >= 0.6 is 0 Å². The molecule has 2 amide bonds. The Labute approximate surface area is 128 Å². The van der Waals surface area contributed by atoms with Gasteiger partial charge in [-0.3, -0.25) is 14.6 Å². The quantitative estimate of drug-likeness (QED) is 0.819. The molecular formula is C15H19N3O4. The van der Waals surface area contributed by atoms with E-state index in [0.29, 0.717) is 24.6 Å². The van der Waals surface area contributed by atoms with Gasteiger partial charge in [-0.15, -0.1) is 0 Å². The lowest BCUT2D eigenvalue weighted by molar-refractivity contribution is -0.122. The minimum Gasteiger partial charge on any atom is -0.378 e. The number of anilines is 2. The Bertz CT molecular complexity index is 557. The van der Waals surface area contributed by atoms with Crippen molar-refractivity contribution in [2.45, 2.75) is 25.4 Å². The first-order valence-corrected chi connectivity index (χ1v) is 7.47. The normalized spacial score (nSPS) is 20.6. The lowest BCUT2D eigenvalue weighted by atomic mass is 10.2. The molecule has 0 aliphatic carbocycles. The molecule has 22 heavy (non-hydrogen) atoms. The van der Waals surface area contributed by atoms with Crippen LogP contribution in [0.2, 0.25) is 0 Å². The zero-order valence-corrected chi connectivity index (χ0v) is 12.3. The minimum atomic E-state index is -0.214. The van der Waals surface area contributed by atoms with Crippen molar-refractivity contribution in [3.63, 3.8) is 0 Å². The molecule has 7 heteroatoms. The van der Waals surface area contributed by atoms with E-state index in [-0.39, 0.29) is 30.9 Å². The maximum absolute atomic E-state index is 12.3. The van der Waals surface area contributed by atoms with Gasteiger partial charge in [-0.05, 0) is 18.9 Å². The molecule has 0 spiro atoms. The largest absolute Gasteiger partial charge is 0.378 e. The molecule has 1 atom stereocenters. The summed E-state index contributed by atoms with van der Waals surface area (Å²) in [6, 6.07) is 1.72. The first-order valence-electron chi connectivity index (χ1n) is 7.47. The molecule has 2 aliphatic heterocycles. The van der Waals surface area contributed by atoms with Crippen LogP contribution in [0.1, 0.15) is 19.3 Å². The van der Waals surface area contributed by atoms with Gasteiger partial charge in [0.05, 0.1) is 43.3 Å². The zero-order chi connectivity index (χ0) is 15.4. The second kappa shape index (κ2) is 6.85. The van der Waals surface area contributed by atoms with Crippen LogP contribution in [0, 0.1) is 0 Å². The monoisotopic (exact) mass is 305 g/mol. The fourth-order valence-corrected chi connectivity index (χ4v) is 2.64. The topological polar surface area (TPSA) is 80.8 Å². The number of amides is 2. The fraction of sp³-hybridized carbons (Fsp3) is 0.533. The number of carbonyl (C=O) groups is 2. The molecule has 1 saturated heterocycles. The van der Waals surface area contributed by atoms with E-state index in [2.05, 4.69) is 10.3 Å². The van der Waals surface area contributed by atoms with Crippen molar-refractivity contribution in [3.8, 4) is 0 Å². The summed E-state index contributed by atoms with van der Waals surface area (Å²) < 4.78 is 11.0. The lowest BCUT2D eigenvalue weighted by Gasteiger charge is -2.28. The molecule has 0 aromatic carbocycles. The van der Waals surface area contributed by atoms with Gasteiger partial charge in [0, 0.05) is 12.8 Å². The molecule has 0 saturated carbocycles. The average molecular weight is 305 g/mol. The highest BCUT2D eigenvalue weighted by Crippen LogP contribution is 2.28. The Balaban J connectivity index is 1.52. The maximum atomic E-state index is 12.3. The summed E-state index contributed by atoms with van der Waals surface area (Å²) in [5, 5.41) is 2.71. The Hall–Kier alpha value is -1.99. The third-order valence-electron chi connectivity index (χ3n) is 3.75. The van der Waals surface area contributed by atoms with E-state index < -0.39 is 0 Å². The van der Waals surface area contributed by atoms with Crippen LogP contribution in [0.3, 0.4) is 0 Å². The summed E-state index contributed by atoms with van der Waals surface area (Å²) in [5.74, 6) is -0.344. The third kappa shape index (κ3) is 3.42. The number of nitrogens with one attached hydrogen (secondary N) is 1. The molecule has 1 N–H and O–H groups in total. The molecule has 0 bridgehead atoms. The zero-order valence-electron chi connectivity index (χ0n) is 12.3. The number of ether oxygens (including phenoxy) is 2. The van der Waals surface area contributed by atoms with Crippen molar-refractivity contribution in [2.24, 2.45) is 0 Å². The number of rotatable bonds is 5. The Morgan fingerprint density at radius 1 is 1.55 bits per heavy atom. The third-order valence-corrected chi connectivity index (χ3v) is 3.75. The van der Waals surface area contributed by atoms with E-state index in [1.165, 1.54) is 4.90 Å². The van der Waals surface area contributed by atoms with Crippen LogP contribution < -0.4 is 10.2 Å². The molecule has 1 fully saturated rings. The highest BCUT2D eigenvalue weighted by Gasteiger charge is 2.26. The predicted octanol–water partition coefficient (Wildman–Crippen LogP) is 0.952. The van der Waals surface area contributed by atoms with Crippen LogP contribution in [0.25, 0.3) is 0 Å². The molecule has 3 rings (SSSR count). The molecule has 3 heterocycles. The molecule has 1 unspecified atom stereocenters. The standard InChI is InChI=1S/C15H19N3O4/c19-14-9-18(13-3-5-16-8-12(13)17-14)15(20)4-7-21-10-11-2-1-6-22-11/h3,5,8,11H,1-2,4,6-7,9-10H2,(H,17,19). The van der Waals surface area contributed by atoms with E-state index in [4.69, 9.17) is 9.47 Å². The van der Waals surface area contributed by atoms with Gasteiger partial charge in [0.25, 0.3) is 0 Å². The summed E-state index contributed by atoms with van der Waals surface area (Å²) >= 11 is 0. The summed E-state index contributed by atoms with van der Waals surface area (Å²) in [5.41, 5.74) is 1.24. The van der Waals surface area contributed by atoms with Crippen LogP contribution in [-0.2, 0) is 19.1 Å². The van der Waals surface area contributed by atoms with Crippen molar-refractivity contribution in [2.75, 3.05) is 36.6 Å². The summed E-state index contributed by atoms with van der Waals surface area (Å²) in [7, 11) is 0. The van der Waals surface area contributed by atoms with Gasteiger partial charge in [-0.1, -0.05) is 0 Å². The molecular weight excluding hydrogens is 286 g/mol. The van der Waals surface area contributed by atoms with Gasteiger partial charge in [0.1, 0.15) is 6.54 Å². The minimum absolute atomic E-state index is 0.0293. The number of aromatic nitrogens is 1. The van der Waals surface area contributed by atoms with Crippen molar-refractivity contribution in [1.82, 2.24) is 4.98 Å². The maximum Gasteiger partial charge on any atom is 0.244 e. The molecule has 7 nitrogen and oxygen atoms in total. The molecule has 118 valence electrons. The molecule has 0 radical (unpaired) electrons. The van der Waals surface area contributed by atoms with E-state index in [1.807, 2.05) is 0 Å². The van der Waals surface area contributed by atoms with Gasteiger partial charge in [-0.25, -0.2) is 0 Å². The summed E-state index contributed by atoms with van der Waals surface area (Å²) in [6.45, 7) is 1.67. The smallest absolute Gasteiger partial charge is 0.244 e. The first kappa shape index (κ1) is 14.9. The average Bonchev–Trinajstić information content (AvgIpc) is 3.04.